The van der Waals surface area contributed by atoms with Crippen molar-refractivity contribution in [2.45, 2.75) is 90.4 Å². The van der Waals surface area contributed by atoms with Gasteiger partial charge >= 0.3 is 13.2 Å². The Bertz CT molecular complexity index is 1210. The number of rotatable bonds is 2. The highest BCUT2D eigenvalue weighted by Crippen LogP contribution is 2.37. The number of Topliss-reactive ketones (excluding diaryl/α,β-unsaturated/α-hetero) is 1. The summed E-state index contributed by atoms with van der Waals surface area (Å²) in [7, 11) is -0.341. The Hall–Kier alpha value is -2.97. The van der Waals surface area contributed by atoms with Crippen molar-refractivity contribution in [3.63, 3.8) is 0 Å². The molecule has 0 radical (unpaired) electrons. The molecule has 0 atom stereocenters. The Morgan fingerprint density at radius 3 is 2.33 bits per heavy atom. The fraction of sp³-hybridized carbons (Fsp3) is 0.516. The number of ether oxygens (including phenoxy) is 1. The van der Waals surface area contributed by atoms with Crippen LogP contribution >= 0.6 is 0 Å². The number of allylic oxidation sites excluding steroid dienone is 1. The largest absolute Gasteiger partial charge is 0.494 e. The highest BCUT2D eigenvalue weighted by atomic mass is 16.7. The van der Waals surface area contributed by atoms with E-state index >= 15 is 0 Å². The molecule has 0 N–H and O–H groups in total. The summed E-state index contributed by atoms with van der Waals surface area (Å²) >= 11 is 0. The molecule has 2 fully saturated rings. The van der Waals surface area contributed by atoms with E-state index in [2.05, 4.69) is 56.9 Å². The molecule has 0 spiro atoms. The number of carbonyl (C=O) groups excluding carboxylic acids is 2. The summed E-state index contributed by atoms with van der Waals surface area (Å²) in [5.41, 5.74) is 2.75. The van der Waals surface area contributed by atoms with Crippen LogP contribution in [0.5, 0.6) is 0 Å². The zero-order chi connectivity index (χ0) is 28.4. The number of nitrogens with zero attached hydrogens (tertiary/aromatic N) is 2. The molecule has 0 unspecified atom stereocenters. The molecule has 39 heavy (non-hydrogen) atoms. The Kier molecular flexibility index (Phi) is 8.38. The first-order valence-electron chi connectivity index (χ1n) is 13.8. The summed E-state index contributed by atoms with van der Waals surface area (Å²) in [4.78, 5) is 29.3. The molecule has 1 aromatic heterocycles. The van der Waals surface area contributed by atoms with E-state index in [1.165, 1.54) is 5.56 Å². The van der Waals surface area contributed by atoms with Gasteiger partial charge in [-0.15, -0.1) is 0 Å². The van der Waals surface area contributed by atoms with E-state index in [4.69, 9.17) is 14.0 Å². The fourth-order valence-electron chi connectivity index (χ4n) is 4.84. The summed E-state index contributed by atoms with van der Waals surface area (Å²) in [6.45, 7) is 15.4. The Morgan fingerprint density at radius 1 is 1.05 bits per heavy atom. The second-order valence-corrected chi connectivity index (χ2v) is 12.5. The zero-order valence-corrected chi connectivity index (χ0v) is 24.3. The number of aromatic nitrogens is 1. The minimum absolute atomic E-state index is 0.114. The van der Waals surface area contributed by atoms with Crippen LogP contribution in [0.3, 0.4) is 0 Å². The lowest BCUT2D eigenvalue weighted by Gasteiger charge is -2.33. The van der Waals surface area contributed by atoms with Gasteiger partial charge in [-0.25, -0.2) is 4.79 Å². The van der Waals surface area contributed by atoms with Crippen molar-refractivity contribution in [1.82, 2.24) is 9.88 Å². The van der Waals surface area contributed by atoms with Gasteiger partial charge in [0.1, 0.15) is 11.3 Å². The molecule has 0 bridgehead atoms. The van der Waals surface area contributed by atoms with E-state index in [1.54, 1.807) is 6.20 Å². The molecule has 5 rings (SSSR count). The van der Waals surface area contributed by atoms with Crippen molar-refractivity contribution in [3.05, 3.63) is 65.5 Å². The third-order valence-electron chi connectivity index (χ3n) is 7.76. The number of carbonyl (C=O) groups is 2. The van der Waals surface area contributed by atoms with Gasteiger partial charge < -0.3 is 18.9 Å². The van der Waals surface area contributed by atoms with Gasteiger partial charge in [-0.2, -0.15) is 0 Å². The third kappa shape index (κ3) is 6.98. The maximum Gasteiger partial charge on any atom is 0.494 e. The Labute approximate surface area is 233 Å². The minimum atomic E-state index is -0.453. The van der Waals surface area contributed by atoms with Crippen LogP contribution in [0.2, 0.25) is 0 Å². The summed E-state index contributed by atoms with van der Waals surface area (Å²) < 4.78 is 17.9. The van der Waals surface area contributed by atoms with Crippen LogP contribution in [0, 0.1) is 0 Å². The van der Waals surface area contributed by atoms with Crippen LogP contribution in [0.1, 0.15) is 95.3 Å². The van der Waals surface area contributed by atoms with Gasteiger partial charge in [-0.3, -0.25) is 9.78 Å². The number of benzene rings is 1. The molecular formula is C31H41BN2O5. The smallest absolute Gasteiger partial charge is 0.444 e. The SMILES string of the molecule is CC(C)(C)OC(=O)N1CCC(c2cccc(B3OC(C)(C)C(C)(C)O3)c2)CC1.O=C1CC=Cc2cccnc21. The molecule has 2 aromatic rings. The number of pyridine rings is 1. The Morgan fingerprint density at radius 2 is 1.72 bits per heavy atom. The van der Waals surface area contributed by atoms with Crippen LogP contribution in [0.25, 0.3) is 6.08 Å². The second kappa shape index (κ2) is 11.3. The van der Waals surface area contributed by atoms with Gasteiger partial charge in [-0.05, 0) is 84.3 Å². The van der Waals surface area contributed by atoms with E-state index in [-0.39, 0.29) is 30.2 Å². The quantitative estimate of drug-likeness (QED) is 0.457. The van der Waals surface area contributed by atoms with Crippen molar-refractivity contribution in [2.75, 3.05) is 13.1 Å². The van der Waals surface area contributed by atoms with Crippen LogP contribution in [0.4, 0.5) is 4.79 Å². The predicted molar refractivity (Wildman–Crippen MR) is 154 cm³/mol. The highest BCUT2D eigenvalue weighted by molar-refractivity contribution is 6.62. The van der Waals surface area contributed by atoms with Crippen LogP contribution in [-0.2, 0) is 14.0 Å². The van der Waals surface area contributed by atoms with Gasteiger partial charge in [0.15, 0.2) is 5.78 Å². The molecule has 208 valence electrons. The van der Waals surface area contributed by atoms with Crippen molar-refractivity contribution in [2.24, 2.45) is 0 Å². The zero-order valence-electron chi connectivity index (χ0n) is 24.3. The molecule has 0 saturated carbocycles. The maximum atomic E-state index is 12.3. The van der Waals surface area contributed by atoms with E-state index in [1.807, 2.05) is 50.0 Å². The average molecular weight is 532 g/mol. The maximum absolute atomic E-state index is 12.3. The van der Waals surface area contributed by atoms with Gasteiger partial charge in [0, 0.05) is 31.3 Å². The van der Waals surface area contributed by atoms with E-state index in [0.717, 1.165) is 37.0 Å². The summed E-state index contributed by atoms with van der Waals surface area (Å²) in [5.74, 6) is 0.546. The molecule has 1 amide bonds. The molecule has 1 aliphatic carbocycles. The average Bonchev–Trinajstić information content (AvgIpc) is 3.10. The molecule has 1 aromatic carbocycles. The topological polar surface area (TPSA) is 78.0 Å². The number of amides is 1. The van der Waals surface area contributed by atoms with Gasteiger partial charge in [0.2, 0.25) is 0 Å². The Balaban J connectivity index is 0.000000265. The van der Waals surface area contributed by atoms with E-state index in [9.17, 15) is 9.59 Å². The molecule has 3 aliphatic rings. The highest BCUT2D eigenvalue weighted by Gasteiger charge is 2.51. The normalized spacial score (nSPS) is 20.2. The van der Waals surface area contributed by atoms with Crippen molar-refractivity contribution >= 4 is 30.5 Å². The van der Waals surface area contributed by atoms with E-state index in [0.29, 0.717) is 18.0 Å². The number of ketones is 1. The molecule has 8 heteroatoms. The van der Waals surface area contributed by atoms with Crippen LogP contribution < -0.4 is 5.46 Å². The number of hydrogen-bond donors (Lipinski definition) is 0. The first-order chi connectivity index (χ1) is 18.3. The fourth-order valence-corrected chi connectivity index (χ4v) is 4.84. The lowest BCUT2D eigenvalue weighted by Crippen LogP contribution is -2.41. The van der Waals surface area contributed by atoms with Gasteiger partial charge in [0.25, 0.3) is 0 Å². The van der Waals surface area contributed by atoms with Crippen LogP contribution in [0.15, 0.2) is 48.7 Å². The van der Waals surface area contributed by atoms with Crippen molar-refractivity contribution < 1.29 is 23.6 Å². The van der Waals surface area contributed by atoms with Crippen molar-refractivity contribution in [3.8, 4) is 0 Å². The minimum Gasteiger partial charge on any atom is -0.444 e. The lowest BCUT2D eigenvalue weighted by molar-refractivity contribution is 0.00578. The lowest BCUT2D eigenvalue weighted by atomic mass is 9.76. The first-order valence-corrected chi connectivity index (χ1v) is 13.8. The molecule has 2 aliphatic heterocycles. The van der Waals surface area contributed by atoms with Crippen LogP contribution in [-0.4, -0.2) is 58.8 Å². The number of likely N-dealkylation sites (tertiary alicyclic amines) is 1. The summed E-state index contributed by atoms with van der Waals surface area (Å²) in [6.07, 6.45) is 7.60. The summed E-state index contributed by atoms with van der Waals surface area (Å²) in [6, 6.07) is 12.3. The molecule has 2 saturated heterocycles. The number of fused-ring (bicyclic) bond motifs is 1. The van der Waals surface area contributed by atoms with Gasteiger partial charge in [-0.1, -0.05) is 42.5 Å². The molecular weight excluding hydrogens is 491 g/mol. The standard InChI is InChI=1S/C22H34BNO4.C9H7NO/c1-20(2,3)26-19(25)24-13-11-16(12-14-24)17-9-8-10-18(15-17)23-27-21(4,5)22(6,7)28-23;11-8-5-1-3-7-4-2-6-10-9(7)8/h8-10,15-16H,11-14H2,1-7H3;1-4,6H,5H2. The second-order valence-electron chi connectivity index (χ2n) is 12.5. The summed E-state index contributed by atoms with van der Waals surface area (Å²) in [5, 5.41) is 0. The van der Waals surface area contributed by atoms with Gasteiger partial charge in [0.05, 0.1) is 11.2 Å². The third-order valence-corrected chi connectivity index (χ3v) is 7.76. The number of hydrogen-bond acceptors (Lipinski definition) is 6. The van der Waals surface area contributed by atoms with Crippen molar-refractivity contribution in [1.29, 1.82) is 0 Å². The van der Waals surface area contributed by atoms with E-state index < -0.39 is 5.60 Å². The predicted octanol–water partition coefficient (Wildman–Crippen LogP) is 5.78. The molecule has 7 nitrogen and oxygen atoms in total. The monoisotopic (exact) mass is 532 g/mol. The molecule has 3 heterocycles. The number of piperidine rings is 1. The first kappa shape index (κ1) is 29.0.